The van der Waals surface area contributed by atoms with Gasteiger partial charge in [0, 0.05) is 11.7 Å². The molecule has 1 atom stereocenters. The maximum absolute atomic E-state index is 12.9. The third-order valence-corrected chi connectivity index (χ3v) is 4.60. The molecule has 7 nitrogen and oxygen atoms in total. The lowest BCUT2D eigenvalue weighted by molar-refractivity contribution is -0.386. The molecule has 7 heteroatoms. The first-order valence-corrected chi connectivity index (χ1v) is 7.98. The summed E-state index contributed by atoms with van der Waals surface area (Å²) >= 11 is 0. The van der Waals surface area contributed by atoms with Crippen molar-refractivity contribution in [2.45, 2.75) is 46.2 Å². The quantitative estimate of drug-likeness (QED) is 0.641. The van der Waals surface area contributed by atoms with Crippen LogP contribution in [0.5, 0.6) is 0 Å². The summed E-state index contributed by atoms with van der Waals surface area (Å²) in [5.41, 5.74) is 2.80. The van der Waals surface area contributed by atoms with Crippen LogP contribution in [0.1, 0.15) is 30.3 Å². The van der Waals surface area contributed by atoms with Gasteiger partial charge in [0.15, 0.2) is 0 Å². The number of nitrogens with zero attached hydrogens (tertiary/aromatic N) is 4. The summed E-state index contributed by atoms with van der Waals surface area (Å²) in [5.74, 6) is -0.102. The van der Waals surface area contributed by atoms with Gasteiger partial charge in [-0.1, -0.05) is 18.2 Å². The van der Waals surface area contributed by atoms with Crippen LogP contribution in [0.4, 0.5) is 11.4 Å². The molecule has 126 valence electrons. The Hall–Kier alpha value is -2.70. The molecule has 0 fully saturated rings. The number of aryl methyl sites for hydroxylation is 2. The predicted molar refractivity (Wildman–Crippen MR) is 90.1 cm³/mol. The van der Waals surface area contributed by atoms with Gasteiger partial charge < -0.3 is 4.90 Å². The average molecular weight is 328 g/mol. The van der Waals surface area contributed by atoms with Gasteiger partial charge in [-0.2, -0.15) is 5.10 Å². The molecule has 1 aliphatic rings. The van der Waals surface area contributed by atoms with E-state index < -0.39 is 4.92 Å². The van der Waals surface area contributed by atoms with Crippen LogP contribution in [0.15, 0.2) is 24.3 Å². The number of hydrogen-bond donors (Lipinski definition) is 0. The summed E-state index contributed by atoms with van der Waals surface area (Å²) in [6.45, 7) is 5.24. The fraction of sp³-hybridized carbons (Fsp3) is 0.412. The minimum atomic E-state index is -0.447. The fourth-order valence-electron chi connectivity index (χ4n) is 3.38. The van der Waals surface area contributed by atoms with Gasteiger partial charge in [0.05, 0.1) is 4.92 Å². The second-order valence-corrected chi connectivity index (χ2v) is 6.21. The van der Waals surface area contributed by atoms with Crippen molar-refractivity contribution in [2.75, 3.05) is 4.90 Å². The maximum Gasteiger partial charge on any atom is 0.312 e. The van der Waals surface area contributed by atoms with Gasteiger partial charge in [0.25, 0.3) is 0 Å². The number of aromatic nitrogens is 2. The molecule has 1 aromatic heterocycles. The van der Waals surface area contributed by atoms with E-state index in [0.717, 1.165) is 24.1 Å². The van der Waals surface area contributed by atoms with E-state index >= 15 is 0 Å². The third-order valence-electron chi connectivity index (χ3n) is 4.60. The Morgan fingerprint density at radius 1 is 1.38 bits per heavy atom. The number of rotatable bonds is 3. The maximum atomic E-state index is 12.9. The molecule has 2 heterocycles. The molecule has 0 saturated carbocycles. The van der Waals surface area contributed by atoms with Crippen molar-refractivity contribution < 1.29 is 9.72 Å². The smallest absolute Gasteiger partial charge is 0.308 e. The Morgan fingerprint density at radius 2 is 2.08 bits per heavy atom. The highest BCUT2D eigenvalue weighted by Gasteiger charge is 2.30. The largest absolute Gasteiger partial charge is 0.312 e. The summed E-state index contributed by atoms with van der Waals surface area (Å²) < 4.78 is 1.43. The molecule has 1 aromatic carbocycles. The first kappa shape index (κ1) is 16.2. The Kier molecular flexibility index (Phi) is 4.09. The van der Waals surface area contributed by atoms with Crippen molar-refractivity contribution >= 4 is 17.3 Å². The van der Waals surface area contributed by atoms with Crippen LogP contribution in [-0.4, -0.2) is 26.7 Å². The molecule has 0 bridgehead atoms. The SMILES string of the molecule is Cc1nn(CC(=O)N2c3ccccc3CCC2C)c(C)c1[N+](=O)[O-]. The number of nitro groups is 1. The third kappa shape index (κ3) is 2.66. The Morgan fingerprint density at radius 3 is 2.75 bits per heavy atom. The van der Waals surface area contributed by atoms with E-state index in [9.17, 15) is 14.9 Å². The number of anilines is 1. The van der Waals surface area contributed by atoms with Gasteiger partial charge in [-0.15, -0.1) is 0 Å². The molecule has 0 saturated heterocycles. The first-order chi connectivity index (χ1) is 11.4. The molecule has 24 heavy (non-hydrogen) atoms. The number of hydrogen-bond acceptors (Lipinski definition) is 4. The number of benzene rings is 1. The highest BCUT2D eigenvalue weighted by molar-refractivity contribution is 5.95. The standard InChI is InChI=1S/C17H20N4O3/c1-11-8-9-14-6-4-5-7-15(14)20(11)16(22)10-19-13(3)17(21(23)24)12(2)18-19/h4-7,11H,8-10H2,1-3H3. The number of carbonyl (C=O) groups is 1. The van der Waals surface area contributed by atoms with Crippen LogP contribution < -0.4 is 4.90 Å². The van der Waals surface area contributed by atoms with Crippen molar-refractivity contribution in [3.8, 4) is 0 Å². The second kappa shape index (κ2) is 6.07. The van der Waals surface area contributed by atoms with Crippen molar-refractivity contribution in [3.63, 3.8) is 0 Å². The van der Waals surface area contributed by atoms with E-state index in [1.54, 1.807) is 18.7 Å². The van der Waals surface area contributed by atoms with Crippen LogP contribution in [0, 0.1) is 24.0 Å². The molecule has 3 rings (SSSR count). The summed E-state index contributed by atoms with van der Waals surface area (Å²) in [7, 11) is 0. The Bertz CT molecular complexity index is 812. The molecule has 0 radical (unpaired) electrons. The highest BCUT2D eigenvalue weighted by atomic mass is 16.6. The van der Waals surface area contributed by atoms with Gasteiger partial charge in [0.2, 0.25) is 5.91 Å². The van der Waals surface area contributed by atoms with Crippen LogP contribution in [0.25, 0.3) is 0 Å². The minimum Gasteiger partial charge on any atom is -0.308 e. The second-order valence-electron chi connectivity index (χ2n) is 6.21. The molecule has 0 N–H and O–H groups in total. The molecule has 1 amide bonds. The molecular formula is C17H20N4O3. The van der Waals surface area contributed by atoms with E-state index in [1.165, 1.54) is 4.68 Å². The van der Waals surface area contributed by atoms with Crippen LogP contribution in [0.2, 0.25) is 0 Å². The zero-order chi connectivity index (χ0) is 17.4. The molecular weight excluding hydrogens is 308 g/mol. The summed E-state index contributed by atoms with van der Waals surface area (Å²) in [5, 5.41) is 15.3. The Labute approximate surface area is 140 Å². The molecule has 0 aliphatic carbocycles. The fourth-order valence-corrected chi connectivity index (χ4v) is 3.38. The van der Waals surface area contributed by atoms with Crippen LogP contribution in [0.3, 0.4) is 0 Å². The lowest BCUT2D eigenvalue weighted by Crippen LogP contribution is -2.44. The van der Waals surface area contributed by atoms with Gasteiger partial charge >= 0.3 is 5.69 Å². The topological polar surface area (TPSA) is 81.3 Å². The summed E-state index contributed by atoms with van der Waals surface area (Å²) in [6.07, 6.45) is 1.85. The van der Waals surface area contributed by atoms with Gasteiger partial charge in [0.1, 0.15) is 17.9 Å². The molecule has 1 aliphatic heterocycles. The first-order valence-electron chi connectivity index (χ1n) is 7.98. The molecule has 0 spiro atoms. The van der Waals surface area contributed by atoms with Gasteiger partial charge in [-0.25, -0.2) is 0 Å². The highest BCUT2D eigenvalue weighted by Crippen LogP contribution is 2.31. The molecule has 1 unspecified atom stereocenters. The van der Waals surface area contributed by atoms with Crippen LogP contribution >= 0.6 is 0 Å². The lowest BCUT2D eigenvalue weighted by atomic mass is 9.96. The Balaban J connectivity index is 1.91. The van der Waals surface area contributed by atoms with Crippen LogP contribution in [-0.2, 0) is 17.8 Å². The monoisotopic (exact) mass is 328 g/mol. The van der Waals surface area contributed by atoms with Crippen molar-refractivity contribution in [2.24, 2.45) is 0 Å². The van der Waals surface area contributed by atoms with E-state index in [0.29, 0.717) is 11.4 Å². The van der Waals surface area contributed by atoms with E-state index in [2.05, 4.69) is 5.10 Å². The molecule has 2 aromatic rings. The number of amides is 1. The predicted octanol–water partition coefficient (Wildman–Crippen LogP) is 2.78. The van der Waals surface area contributed by atoms with E-state index in [-0.39, 0.29) is 24.2 Å². The van der Waals surface area contributed by atoms with E-state index in [1.807, 2.05) is 31.2 Å². The van der Waals surface area contributed by atoms with Gasteiger partial charge in [-0.05, 0) is 45.2 Å². The zero-order valence-corrected chi connectivity index (χ0v) is 14.0. The van der Waals surface area contributed by atoms with Crippen molar-refractivity contribution in [1.82, 2.24) is 9.78 Å². The summed E-state index contributed by atoms with van der Waals surface area (Å²) in [6, 6.07) is 7.98. The lowest BCUT2D eigenvalue weighted by Gasteiger charge is -2.35. The number of carbonyl (C=O) groups excluding carboxylic acids is 1. The average Bonchev–Trinajstić information content (AvgIpc) is 2.81. The zero-order valence-electron chi connectivity index (χ0n) is 14.0. The van der Waals surface area contributed by atoms with Crippen molar-refractivity contribution in [1.29, 1.82) is 0 Å². The van der Waals surface area contributed by atoms with Gasteiger partial charge in [-0.3, -0.25) is 19.6 Å². The normalized spacial score (nSPS) is 16.8. The number of fused-ring (bicyclic) bond motifs is 1. The minimum absolute atomic E-state index is 0.000806. The van der Waals surface area contributed by atoms with Crippen molar-refractivity contribution in [3.05, 3.63) is 51.3 Å². The van der Waals surface area contributed by atoms with E-state index in [4.69, 9.17) is 0 Å². The number of para-hydroxylation sites is 1. The summed E-state index contributed by atoms with van der Waals surface area (Å²) in [4.78, 5) is 25.3.